The molecule has 0 radical (unpaired) electrons. The second kappa shape index (κ2) is 5.26. The molecule has 0 saturated heterocycles. The van der Waals surface area contributed by atoms with E-state index in [2.05, 4.69) is 0 Å². The number of fused-ring (bicyclic) bond motifs is 1. The number of benzene rings is 2. The standard InChI is InChI=1S/C12H13NO6S2/c13-10-3-1-9-6-11(4-2-8(9)5-10)20(15,16)12(7-14)21(17,18)19/h1-6,12,14H,7,13H2,(H,17,18,19). The fraction of sp³-hybridized carbons (Fsp3) is 0.167. The van der Waals surface area contributed by atoms with E-state index in [-0.39, 0.29) is 4.90 Å². The van der Waals surface area contributed by atoms with Crippen LogP contribution in [0.1, 0.15) is 0 Å². The van der Waals surface area contributed by atoms with Gasteiger partial charge in [-0.15, -0.1) is 0 Å². The van der Waals surface area contributed by atoms with Crippen molar-refractivity contribution in [2.75, 3.05) is 12.3 Å². The maximum atomic E-state index is 12.2. The number of nitrogens with two attached hydrogens (primary N) is 1. The Morgan fingerprint density at radius 2 is 1.57 bits per heavy atom. The SMILES string of the molecule is Nc1ccc2cc(S(=O)(=O)C(CO)S(=O)(=O)O)ccc2c1. The van der Waals surface area contributed by atoms with E-state index in [1.807, 2.05) is 0 Å². The molecule has 0 amide bonds. The van der Waals surface area contributed by atoms with Gasteiger partial charge in [0.05, 0.1) is 11.5 Å². The first-order chi connectivity index (χ1) is 9.66. The van der Waals surface area contributed by atoms with Crippen LogP contribution in [0.3, 0.4) is 0 Å². The molecule has 0 aliphatic rings. The minimum Gasteiger partial charge on any atom is -0.399 e. The van der Waals surface area contributed by atoms with E-state index in [1.165, 1.54) is 18.2 Å². The summed E-state index contributed by atoms with van der Waals surface area (Å²) in [4.78, 5) is -0.309. The molecule has 2 rings (SSSR count). The third-order valence-electron chi connectivity index (χ3n) is 2.99. The molecule has 114 valence electrons. The molecule has 7 nitrogen and oxygen atoms in total. The third kappa shape index (κ3) is 3.00. The summed E-state index contributed by atoms with van der Waals surface area (Å²) in [6.45, 7) is -1.24. The fourth-order valence-electron chi connectivity index (χ4n) is 1.92. The van der Waals surface area contributed by atoms with E-state index in [1.54, 1.807) is 18.2 Å². The average Bonchev–Trinajstić information content (AvgIpc) is 2.36. The van der Waals surface area contributed by atoms with Crippen LogP contribution in [0.2, 0.25) is 0 Å². The molecule has 9 heteroatoms. The van der Waals surface area contributed by atoms with Gasteiger partial charge in [-0.1, -0.05) is 12.1 Å². The van der Waals surface area contributed by atoms with Crippen LogP contribution in [0, 0.1) is 0 Å². The van der Waals surface area contributed by atoms with Gasteiger partial charge >= 0.3 is 0 Å². The Hall–Kier alpha value is -1.68. The summed E-state index contributed by atoms with van der Waals surface area (Å²) in [5, 5.41) is 10.2. The number of aliphatic hydroxyl groups excluding tert-OH is 1. The molecular formula is C12H13NO6S2. The fourth-order valence-corrected chi connectivity index (χ4v) is 4.77. The van der Waals surface area contributed by atoms with Crippen LogP contribution in [0.15, 0.2) is 41.3 Å². The zero-order chi connectivity index (χ0) is 15.8. The number of rotatable bonds is 4. The lowest BCUT2D eigenvalue weighted by Gasteiger charge is -2.13. The molecule has 0 aliphatic heterocycles. The molecule has 0 aromatic heterocycles. The van der Waals surface area contributed by atoms with E-state index in [4.69, 9.17) is 15.4 Å². The Morgan fingerprint density at radius 1 is 1.00 bits per heavy atom. The van der Waals surface area contributed by atoms with E-state index in [0.29, 0.717) is 16.5 Å². The van der Waals surface area contributed by atoms with Gasteiger partial charge in [0.25, 0.3) is 10.1 Å². The summed E-state index contributed by atoms with van der Waals surface area (Å²) in [6, 6.07) is 8.73. The van der Waals surface area contributed by atoms with Gasteiger partial charge in [0, 0.05) is 5.69 Å². The lowest BCUT2D eigenvalue weighted by molar-refractivity contribution is 0.303. The zero-order valence-corrected chi connectivity index (χ0v) is 12.3. The number of anilines is 1. The van der Waals surface area contributed by atoms with Crippen molar-refractivity contribution >= 4 is 36.4 Å². The van der Waals surface area contributed by atoms with Crippen molar-refractivity contribution in [2.45, 2.75) is 9.48 Å². The van der Waals surface area contributed by atoms with Crippen molar-refractivity contribution in [3.63, 3.8) is 0 Å². The van der Waals surface area contributed by atoms with Crippen molar-refractivity contribution in [1.82, 2.24) is 0 Å². The summed E-state index contributed by atoms with van der Waals surface area (Å²) < 4.78 is 53.2. The van der Waals surface area contributed by atoms with Gasteiger partial charge in [-0.05, 0) is 35.0 Å². The summed E-state index contributed by atoms with van der Waals surface area (Å²) >= 11 is 0. The predicted molar refractivity (Wildman–Crippen MR) is 78.0 cm³/mol. The first-order valence-electron chi connectivity index (χ1n) is 5.76. The molecule has 0 heterocycles. The minimum absolute atomic E-state index is 0.309. The normalized spacial score (nSPS) is 14.2. The average molecular weight is 331 g/mol. The Balaban J connectivity index is 2.62. The molecule has 1 unspecified atom stereocenters. The number of nitrogen functional groups attached to an aromatic ring is 1. The smallest absolute Gasteiger partial charge is 0.285 e. The maximum Gasteiger partial charge on any atom is 0.285 e. The molecule has 2 aromatic carbocycles. The molecule has 21 heavy (non-hydrogen) atoms. The highest BCUT2D eigenvalue weighted by Crippen LogP contribution is 2.25. The molecule has 0 spiro atoms. The van der Waals surface area contributed by atoms with Crippen LogP contribution >= 0.6 is 0 Å². The van der Waals surface area contributed by atoms with Crippen LogP contribution in [0.25, 0.3) is 10.8 Å². The number of hydrogen-bond acceptors (Lipinski definition) is 6. The van der Waals surface area contributed by atoms with E-state index in [0.717, 1.165) is 0 Å². The Labute approximate surface area is 121 Å². The van der Waals surface area contributed by atoms with Crippen LogP contribution in [-0.2, 0) is 20.0 Å². The quantitative estimate of drug-likeness (QED) is 0.545. The first kappa shape index (κ1) is 15.7. The van der Waals surface area contributed by atoms with Crippen LogP contribution in [0.5, 0.6) is 0 Å². The summed E-state index contributed by atoms with van der Waals surface area (Å²) in [5.41, 5.74) is 6.11. The molecule has 0 bridgehead atoms. The van der Waals surface area contributed by atoms with Crippen molar-refractivity contribution < 1.29 is 26.5 Å². The van der Waals surface area contributed by atoms with Crippen molar-refractivity contribution in [3.05, 3.63) is 36.4 Å². The van der Waals surface area contributed by atoms with Gasteiger partial charge in [0.15, 0.2) is 9.84 Å². The molecule has 1 atom stereocenters. The molecule has 2 aromatic rings. The predicted octanol–water partition coefficient (Wildman–Crippen LogP) is 0.402. The van der Waals surface area contributed by atoms with Gasteiger partial charge < -0.3 is 10.8 Å². The van der Waals surface area contributed by atoms with Gasteiger partial charge in [-0.3, -0.25) is 4.55 Å². The van der Waals surface area contributed by atoms with Crippen LogP contribution < -0.4 is 5.73 Å². The lowest BCUT2D eigenvalue weighted by atomic mass is 10.1. The number of hydrogen-bond donors (Lipinski definition) is 3. The second-order valence-electron chi connectivity index (χ2n) is 4.44. The molecule has 4 N–H and O–H groups in total. The van der Waals surface area contributed by atoms with E-state index in [9.17, 15) is 16.8 Å². The second-order valence-corrected chi connectivity index (χ2v) is 8.47. The van der Waals surface area contributed by atoms with Gasteiger partial charge in [-0.25, -0.2) is 8.42 Å². The largest absolute Gasteiger partial charge is 0.399 e. The highest BCUT2D eigenvalue weighted by atomic mass is 32.3. The molecular weight excluding hydrogens is 318 g/mol. The van der Waals surface area contributed by atoms with Crippen LogP contribution in [-0.4, -0.2) is 37.7 Å². The van der Waals surface area contributed by atoms with E-state index >= 15 is 0 Å². The number of aliphatic hydroxyl groups is 1. The third-order valence-corrected chi connectivity index (χ3v) is 7.05. The molecule has 0 fully saturated rings. The summed E-state index contributed by atoms with van der Waals surface area (Å²) in [7, 11) is -9.37. The summed E-state index contributed by atoms with van der Waals surface area (Å²) in [6.07, 6.45) is 0. The van der Waals surface area contributed by atoms with Gasteiger partial charge in [0.1, 0.15) is 0 Å². The first-order valence-corrected chi connectivity index (χ1v) is 8.81. The highest BCUT2D eigenvalue weighted by molar-refractivity contribution is 8.06. The Bertz CT molecular complexity index is 889. The minimum atomic E-state index is -4.94. The molecule has 0 saturated carbocycles. The molecule has 0 aliphatic carbocycles. The van der Waals surface area contributed by atoms with Crippen LogP contribution in [0.4, 0.5) is 5.69 Å². The maximum absolute atomic E-state index is 12.2. The van der Waals surface area contributed by atoms with Gasteiger partial charge in [0.2, 0.25) is 4.58 Å². The van der Waals surface area contributed by atoms with E-state index < -0.39 is 31.1 Å². The van der Waals surface area contributed by atoms with Crippen molar-refractivity contribution in [1.29, 1.82) is 0 Å². The van der Waals surface area contributed by atoms with Gasteiger partial charge in [-0.2, -0.15) is 8.42 Å². The highest BCUT2D eigenvalue weighted by Gasteiger charge is 2.37. The number of sulfone groups is 1. The summed E-state index contributed by atoms with van der Waals surface area (Å²) in [5.74, 6) is 0. The topological polar surface area (TPSA) is 135 Å². The Morgan fingerprint density at radius 3 is 2.14 bits per heavy atom. The Kier molecular flexibility index (Phi) is 3.93. The monoisotopic (exact) mass is 331 g/mol. The van der Waals surface area contributed by atoms with Crippen molar-refractivity contribution in [3.8, 4) is 0 Å². The van der Waals surface area contributed by atoms with Crippen molar-refractivity contribution in [2.24, 2.45) is 0 Å². The zero-order valence-electron chi connectivity index (χ0n) is 10.7. The lowest BCUT2D eigenvalue weighted by Crippen LogP contribution is -2.33.